The van der Waals surface area contributed by atoms with Crippen LogP contribution in [0.4, 0.5) is 17.1 Å². The van der Waals surface area contributed by atoms with E-state index in [2.05, 4.69) is 59.1 Å². The van der Waals surface area contributed by atoms with Gasteiger partial charge in [0.25, 0.3) is 17.1 Å². The second kappa shape index (κ2) is 26.8. The second-order valence-corrected chi connectivity index (χ2v) is 16.5. The van der Waals surface area contributed by atoms with Crippen molar-refractivity contribution in [2.45, 2.75) is 65.3 Å². The third kappa shape index (κ3) is 14.5. The maximum atomic E-state index is 10.2. The Morgan fingerprint density at radius 1 is 0.487 bits per heavy atom. The molecule has 0 N–H and O–H groups in total. The Morgan fingerprint density at radius 3 is 1.04 bits per heavy atom. The summed E-state index contributed by atoms with van der Waals surface area (Å²) in [7, 11) is 0. The van der Waals surface area contributed by atoms with Crippen LogP contribution in [0, 0.1) is 73.4 Å². The number of hydrogen-bond donors (Lipinski definition) is 0. The van der Waals surface area contributed by atoms with Crippen molar-refractivity contribution >= 4 is 35.5 Å². The van der Waals surface area contributed by atoms with Gasteiger partial charge in [-0.05, 0) is 81.8 Å². The average Bonchev–Trinajstić information content (AvgIpc) is 3.93. The number of carbonyl (C=O) groups excluding carboxylic acids is 1. The van der Waals surface area contributed by atoms with Gasteiger partial charge >= 0.3 is 0 Å². The molecule has 0 saturated carbocycles. The minimum Gasteiger partial charge on any atom is -0.506 e. The van der Waals surface area contributed by atoms with Crippen LogP contribution in [0.1, 0.15) is 70.0 Å². The first-order valence-electron chi connectivity index (χ1n) is 21.5. The summed E-state index contributed by atoms with van der Waals surface area (Å²) in [6, 6.07) is 25.5. The number of ether oxygens (including phenoxy) is 3. The Kier molecular flexibility index (Phi) is 20.6. The number of nitrogens with zero attached hydrogens (tertiary/aromatic N) is 18. The molecule has 0 aromatic heterocycles. The molecule has 6 rings (SSSR count). The van der Waals surface area contributed by atoms with Crippen molar-refractivity contribution in [3.63, 3.8) is 0 Å². The minimum absolute atomic E-state index is 0.0239. The van der Waals surface area contributed by atoms with Crippen molar-refractivity contribution in [1.82, 2.24) is 0 Å². The number of rotatable bonds is 8. The van der Waals surface area contributed by atoms with E-state index in [0.717, 1.165) is 23.0 Å². The molecule has 0 amide bonds. The molecule has 0 unspecified atom stereocenters. The number of allylic oxidation sites excluding steroid dienone is 3. The van der Waals surface area contributed by atoms with Gasteiger partial charge in [0.2, 0.25) is 17.1 Å². The van der Waals surface area contributed by atoms with Crippen molar-refractivity contribution in [1.29, 1.82) is 15.8 Å². The summed E-state index contributed by atoms with van der Waals surface area (Å²) in [4.78, 5) is 37.8. The number of hydrogen-bond acceptors (Lipinski definition) is 10. The number of benzene rings is 3. The number of azide groups is 3. The fourth-order valence-corrected chi connectivity index (χ4v) is 6.58. The molecule has 0 saturated heterocycles. The van der Waals surface area contributed by atoms with Gasteiger partial charge in [-0.1, -0.05) is 112 Å². The predicted molar refractivity (Wildman–Crippen MR) is 279 cm³/mol. The van der Waals surface area contributed by atoms with E-state index < -0.39 is 16.8 Å². The first-order chi connectivity index (χ1) is 36.3. The van der Waals surface area contributed by atoms with Gasteiger partial charge < -0.3 is 14.2 Å². The predicted octanol–water partition coefficient (Wildman–Crippen LogP) is 15.6. The van der Waals surface area contributed by atoms with Gasteiger partial charge in [0.05, 0.1) is 57.6 Å². The van der Waals surface area contributed by atoms with E-state index in [1.807, 2.05) is 0 Å². The molecule has 0 aliphatic carbocycles. The molecule has 3 aliphatic heterocycles. The zero-order valence-electron chi connectivity index (χ0n) is 41.5. The maximum absolute atomic E-state index is 10.2. The molecule has 0 radical (unpaired) electrons. The van der Waals surface area contributed by atoms with Gasteiger partial charge in [-0.2, -0.15) is 0 Å². The van der Waals surface area contributed by atoms with Gasteiger partial charge in [0.1, 0.15) is 40.4 Å². The third-order valence-electron chi connectivity index (χ3n) is 10.6. The van der Waals surface area contributed by atoms with Crippen LogP contribution in [-0.4, -0.2) is 23.1 Å². The molecule has 3 heterocycles. The Bertz CT molecular complexity index is 3440. The van der Waals surface area contributed by atoms with Gasteiger partial charge in [-0.15, -0.1) is 0 Å². The summed E-state index contributed by atoms with van der Waals surface area (Å²) in [5, 5.41) is 37.2. The molecule has 22 heteroatoms. The van der Waals surface area contributed by atoms with Gasteiger partial charge in [-0.25, -0.2) is 44.9 Å². The quantitative estimate of drug-likeness (QED) is 0.0524. The van der Waals surface area contributed by atoms with Crippen LogP contribution in [0.25, 0.3) is 72.6 Å². The van der Waals surface area contributed by atoms with Gasteiger partial charge in [0.15, 0.2) is 0 Å². The highest BCUT2D eigenvalue weighted by Crippen LogP contribution is 2.43. The smallest absolute Gasteiger partial charge is 0.292 e. The largest absolute Gasteiger partial charge is 0.506 e. The molecule has 0 spiro atoms. The van der Waals surface area contributed by atoms with Crippen molar-refractivity contribution in [3.05, 3.63) is 270 Å². The summed E-state index contributed by atoms with van der Waals surface area (Å²) < 4.78 is 16.9. The molecule has 3 aliphatic rings. The molecule has 3 aromatic carbocycles. The fourth-order valence-electron chi connectivity index (χ4n) is 6.58. The molecular weight excluding hydrogens is 965 g/mol. The Balaban J connectivity index is 0.000000280. The Hall–Kier alpha value is -12.0. The highest BCUT2D eigenvalue weighted by atomic mass is 16.5. The minimum atomic E-state index is -0.830. The Labute approximate surface area is 437 Å². The van der Waals surface area contributed by atoms with E-state index in [1.54, 1.807) is 164 Å². The van der Waals surface area contributed by atoms with E-state index in [-0.39, 0.29) is 51.5 Å². The summed E-state index contributed by atoms with van der Waals surface area (Å²) in [6.07, 6.45) is 7.79. The second-order valence-electron chi connectivity index (χ2n) is 16.5. The van der Waals surface area contributed by atoms with Crippen LogP contribution >= 0.6 is 0 Å². The normalized spacial score (nSPS) is 16.6. The fraction of sp³-hybridized carbons (Fsp3) is 0.185. The summed E-state index contributed by atoms with van der Waals surface area (Å²) >= 11 is 0. The molecule has 368 valence electrons. The number of aldehydes is 1. The first kappa shape index (κ1) is 58.3. The summed E-state index contributed by atoms with van der Waals surface area (Å²) in [6.45, 7) is 55.2. The lowest BCUT2D eigenvalue weighted by Crippen LogP contribution is -2.20. The van der Waals surface area contributed by atoms with Crippen LogP contribution < -0.4 is 0 Å². The van der Waals surface area contributed by atoms with E-state index in [9.17, 15) is 4.79 Å². The molecule has 76 heavy (non-hydrogen) atoms. The van der Waals surface area contributed by atoms with Crippen molar-refractivity contribution in [2.75, 3.05) is 0 Å². The SMILES string of the molecule is [C-]#[N+]C1=C(/C=C/c2ccc(N=[N+]=[N-])cc2)C(C)(C)O/C1=C(\C#N)[N+]#[C-].[C-]#[N+]C1=C(/C=C/c2ccc(N=[N+]=[N-])cc2)C(C)(C)O/C1=C(\C#N)[N+]#[C-].[C-]#[N+]C1=C(C)C(C)(C)O/C1=C(\C#N)[N+]#[C-].[N-]=[N+]=Nc1ccc(C=O)cc1. The standard InChI is InChI=1S/2C18H12N6O.C11H9N3O.C7H5N3O/c2*1-18(2)14(16(22-4)17(25-18)15(11-19)21-3)10-7-12-5-8-13(9-6-12)23-24-20;1-7-9(14-5)10(8(6-12)13-4)15-11(7,2)3;8-10-9-7-3-1-6(5-11)2-4-7/h2*5-10H,1-2H3;1-3H3;1-5H/b2*10-7+,17-15+;10-8+;. The third-order valence-corrected chi connectivity index (χ3v) is 10.6. The highest BCUT2D eigenvalue weighted by molar-refractivity contribution is 5.75. The van der Waals surface area contributed by atoms with Crippen molar-refractivity contribution in [2.24, 2.45) is 15.3 Å². The lowest BCUT2D eigenvalue weighted by molar-refractivity contribution is 0.0925. The lowest BCUT2D eigenvalue weighted by Gasteiger charge is -2.22. The zero-order valence-corrected chi connectivity index (χ0v) is 41.5. The maximum Gasteiger partial charge on any atom is 0.292 e. The molecule has 22 nitrogen and oxygen atoms in total. The van der Waals surface area contributed by atoms with E-state index >= 15 is 0 Å². The Morgan fingerprint density at radius 2 is 0.776 bits per heavy atom. The summed E-state index contributed by atoms with van der Waals surface area (Å²) in [5.41, 5.74) is 28.3. The molecule has 3 aromatic rings. The summed E-state index contributed by atoms with van der Waals surface area (Å²) in [5.74, 6) is 0.164. The van der Waals surface area contributed by atoms with Gasteiger partial charge in [-0.3, -0.25) is 4.79 Å². The molecular formula is C54H38N18O4. The van der Waals surface area contributed by atoms with E-state index in [0.29, 0.717) is 33.8 Å². The number of carbonyl (C=O) groups is 1. The molecule has 0 atom stereocenters. The molecule has 0 bridgehead atoms. The van der Waals surface area contributed by atoms with Crippen LogP contribution in [0.3, 0.4) is 0 Å². The average molecular weight is 1000 g/mol. The number of nitriles is 3. The topological polar surface area (TPSA) is 289 Å². The molecule has 0 fully saturated rings. The van der Waals surface area contributed by atoms with Gasteiger partial charge in [0, 0.05) is 48.5 Å². The van der Waals surface area contributed by atoms with Crippen LogP contribution in [0.5, 0.6) is 0 Å². The van der Waals surface area contributed by atoms with Crippen LogP contribution in [0.15, 0.2) is 168 Å². The van der Waals surface area contributed by atoms with E-state index in [1.165, 1.54) is 0 Å². The highest BCUT2D eigenvalue weighted by Gasteiger charge is 2.40. The van der Waals surface area contributed by atoms with Crippen LogP contribution in [-0.2, 0) is 14.2 Å². The van der Waals surface area contributed by atoms with Crippen molar-refractivity contribution < 1.29 is 19.0 Å². The van der Waals surface area contributed by atoms with Crippen LogP contribution in [0.2, 0.25) is 0 Å². The zero-order chi connectivity index (χ0) is 56.6. The van der Waals surface area contributed by atoms with Crippen molar-refractivity contribution in [3.8, 4) is 18.2 Å². The lowest BCUT2D eigenvalue weighted by atomic mass is 9.96. The first-order valence-corrected chi connectivity index (χ1v) is 21.5. The van der Waals surface area contributed by atoms with E-state index in [4.69, 9.17) is 86.0 Å². The monoisotopic (exact) mass is 1000 g/mol.